The molecule has 1 aromatic heterocycles. The number of amides is 2. The largest absolute Gasteiger partial charge is 0.481 e. The van der Waals surface area contributed by atoms with Crippen molar-refractivity contribution in [3.05, 3.63) is 64.7 Å². The molecule has 1 heterocycles. The molecule has 0 unspecified atom stereocenters. The molecule has 3 rings (SSSR count). The van der Waals surface area contributed by atoms with Crippen molar-refractivity contribution in [1.82, 2.24) is 15.5 Å². The van der Waals surface area contributed by atoms with E-state index in [4.69, 9.17) is 16.7 Å². The minimum absolute atomic E-state index is 0.0583. The first-order valence-electron chi connectivity index (χ1n) is 10.4. The van der Waals surface area contributed by atoms with Crippen LogP contribution < -0.4 is 10.2 Å². The van der Waals surface area contributed by atoms with Crippen LogP contribution in [-0.4, -0.2) is 46.2 Å². The van der Waals surface area contributed by atoms with E-state index in [9.17, 15) is 14.4 Å². The fourth-order valence-corrected chi connectivity index (χ4v) is 4.06. The molecule has 0 atom stereocenters. The van der Waals surface area contributed by atoms with Crippen molar-refractivity contribution >= 4 is 45.9 Å². The average molecular weight is 487 g/mol. The van der Waals surface area contributed by atoms with Gasteiger partial charge in [-0.05, 0) is 30.7 Å². The predicted octanol–water partition coefficient (Wildman–Crippen LogP) is 4.51. The van der Waals surface area contributed by atoms with Gasteiger partial charge in [0.2, 0.25) is 5.13 Å². The van der Waals surface area contributed by atoms with Gasteiger partial charge in [-0.3, -0.25) is 19.3 Å². The molecule has 0 aliphatic heterocycles. The van der Waals surface area contributed by atoms with Gasteiger partial charge in [0, 0.05) is 24.2 Å². The molecule has 0 saturated carbocycles. The zero-order valence-electron chi connectivity index (χ0n) is 18.0. The highest BCUT2D eigenvalue weighted by Crippen LogP contribution is 2.31. The van der Waals surface area contributed by atoms with Crippen molar-refractivity contribution in [3.8, 4) is 10.6 Å². The van der Waals surface area contributed by atoms with E-state index in [1.165, 1.54) is 11.3 Å². The van der Waals surface area contributed by atoms with Gasteiger partial charge in [-0.1, -0.05) is 60.5 Å². The maximum Gasteiger partial charge on any atom is 0.305 e. The maximum atomic E-state index is 13.2. The summed E-state index contributed by atoms with van der Waals surface area (Å²) < 4.78 is 0. The minimum Gasteiger partial charge on any atom is -0.481 e. The van der Waals surface area contributed by atoms with Crippen molar-refractivity contribution < 1.29 is 19.5 Å². The van der Waals surface area contributed by atoms with Gasteiger partial charge < -0.3 is 10.4 Å². The zero-order chi connectivity index (χ0) is 23.8. The van der Waals surface area contributed by atoms with Crippen molar-refractivity contribution in [2.24, 2.45) is 0 Å². The number of benzene rings is 2. The van der Waals surface area contributed by atoms with E-state index < -0.39 is 5.97 Å². The number of rotatable bonds is 10. The Morgan fingerprint density at radius 1 is 1.09 bits per heavy atom. The third-order valence-electron chi connectivity index (χ3n) is 4.75. The lowest BCUT2D eigenvalue weighted by molar-refractivity contribution is -0.136. The molecule has 0 radical (unpaired) electrons. The first-order valence-corrected chi connectivity index (χ1v) is 11.6. The van der Waals surface area contributed by atoms with Gasteiger partial charge >= 0.3 is 5.97 Å². The summed E-state index contributed by atoms with van der Waals surface area (Å²) in [5.74, 6) is -1.55. The Morgan fingerprint density at radius 2 is 1.82 bits per heavy atom. The first-order chi connectivity index (χ1) is 15.9. The number of carbonyl (C=O) groups excluding carboxylic acids is 2. The van der Waals surface area contributed by atoms with Gasteiger partial charge in [-0.25, -0.2) is 0 Å². The number of aromatic nitrogens is 2. The third kappa shape index (κ3) is 6.36. The smallest absolute Gasteiger partial charge is 0.305 e. The Kier molecular flexibility index (Phi) is 8.51. The van der Waals surface area contributed by atoms with E-state index in [0.29, 0.717) is 32.8 Å². The molecule has 0 fully saturated rings. The molecule has 3 aromatic rings. The second kappa shape index (κ2) is 11.5. The summed E-state index contributed by atoms with van der Waals surface area (Å²) in [5.41, 5.74) is 1.57. The quantitative estimate of drug-likeness (QED) is 0.436. The summed E-state index contributed by atoms with van der Waals surface area (Å²) in [7, 11) is 0. The number of halogens is 1. The number of carbonyl (C=O) groups is 3. The molecule has 8 nitrogen and oxygen atoms in total. The van der Waals surface area contributed by atoms with E-state index in [2.05, 4.69) is 15.5 Å². The average Bonchev–Trinajstić information content (AvgIpc) is 3.29. The number of nitrogens with one attached hydrogen (secondary N) is 1. The van der Waals surface area contributed by atoms with Crippen LogP contribution in [0.1, 0.15) is 46.9 Å². The molecular formula is C23H23ClN4O4S. The van der Waals surface area contributed by atoms with E-state index in [1.807, 2.05) is 6.92 Å². The van der Waals surface area contributed by atoms with Crippen LogP contribution >= 0.6 is 22.9 Å². The SMILES string of the molecule is CCCCN(C(=O)c1ccccc1Cl)c1nnc(-c2ccc(C(=O)NCCC(=O)O)cc2)s1. The lowest BCUT2D eigenvalue weighted by atomic mass is 10.1. The molecular weight excluding hydrogens is 464 g/mol. The minimum atomic E-state index is -0.973. The van der Waals surface area contributed by atoms with Crippen molar-refractivity contribution in [1.29, 1.82) is 0 Å². The predicted molar refractivity (Wildman–Crippen MR) is 128 cm³/mol. The number of hydrogen-bond acceptors (Lipinski definition) is 6. The van der Waals surface area contributed by atoms with Crippen molar-refractivity contribution in [3.63, 3.8) is 0 Å². The maximum absolute atomic E-state index is 13.2. The summed E-state index contributed by atoms with van der Waals surface area (Å²) in [6.07, 6.45) is 1.57. The number of hydrogen-bond donors (Lipinski definition) is 2. The molecule has 33 heavy (non-hydrogen) atoms. The molecule has 172 valence electrons. The fourth-order valence-electron chi connectivity index (χ4n) is 2.97. The van der Waals surface area contributed by atoms with Crippen LogP contribution in [0.5, 0.6) is 0 Å². The molecule has 0 saturated heterocycles. The van der Waals surface area contributed by atoms with Crippen LogP contribution in [0.15, 0.2) is 48.5 Å². The molecule has 2 N–H and O–H groups in total. The molecule has 2 amide bonds. The Hall–Kier alpha value is -3.30. The number of carboxylic acid groups (broad SMARTS) is 1. The summed E-state index contributed by atoms with van der Waals surface area (Å²) in [6, 6.07) is 13.7. The molecule has 0 spiro atoms. The highest BCUT2D eigenvalue weighted by Gasteiger charge is 2.23. The molecule has 0 bridgehead atoms. The van der Waals surface area contributed by atoms with Crippen LogP contribution in [0.2, 0.25) is 5.02 Å². The van der Waals surface area contributed by atoms with Gasteiger partial charge in [0.05, 0.1) is 17.0 Å². The molecule has 0 aliphatic carbocycles. The van der Waals surface area contributed by atoms with E-state index in [-0.39, 0.29) is 24.8 Å². The number of nitrogens with zero attached hydrogens (tertiary/aromatic N) is 3. The van der Waals surface area contributed by atoms with Crippen LogP contribution in [0.4, 0.5) is 5.13 Å². The highest BCUT2D eigenvalue weighted by molar-refractivity contribution is 7.18. The lowest BCUT2D eigenvalue weighted by Gasteiger charge is -2.19. The van der Waals surface area contributed by atoms with E-state index in [0.717, 1.165) is 18.4 Å². The number of unbranched alkanes of at least 4 members (excludes halogenated alkanes) is 1. The van der Waals surface area contributed by atoms with Gasteiger partial charge in [-0.15, -0.1) is 10.2 Å². The van der Waals surface area contributed by atoms with Crippen molar-refractivity contribution in [2.75, 3.05) is 18.0 Å². The second-order valence-corrected chi connectivity index (χ2v) is 8.52. The van der Waals surface area contributed by atoms with Gasteiger partial charge in [0.1, 0.15) is 5.01 Å². The molecule has 0 aliphatic rings. The van der Waals surface area contributed by atoms with Gasteiger partial charge in [0.15, 0.2) is 0 Å². The Bertz CT molecular complexity index is 1130. The monoisotopic (exact) mass is 486 g/mol. The lowest BCUT2D eigenvalue weighted by Crippen LogP contribution is -2.32. The number of aliphatic carboxylic acids is 1. The zero-order valence-corrected chi connectivity index (χ0v) is 19.5. The summed E-state index contributed by atoms with van der Waals surface area (Å²) in [6.45, 7) is 2.59. The Labute approximate surface area is 200 Å². The highest BCUT2D eigenvalue weighted by atomic mass is 35.5. The summed E-state index contributed by atoms with van der Waals surface area (Å²) >= 11 is 7.51. The van der Waals surface area contributed by atoms with Gasteiger partial charge in [-0.2, -0.15) is 0 Å². The standard InChI is InChI=1S/C23H23ClN4O4S/c1-2-3-14-28(22(32)17-6-4-5-7-18(17)24)23-27-26-21(33-23)16-10-8-15(9-11-16)20(31)25-13-12-19(29)30/h4-11H,2-3,12-14H2,1H3,(H,25,31)(H,29,30). The second-order valence-electron chi connectivity index (χ2n) is 7.16. The van der Waals surface area contributed by atoms with Crippen LogP contribution in [0, 0.1) is 0 Å². The normalized spacial score (nSPS) is 10.6. The molecule has 10 heteroatoms. The fraction of sp³-hybridized carbons (Fsp3) is 0.261. The van der Waals surface area contributed by atoms with Crippen LogP contribution in [0.3, 0.4) is 0 Å². The number of anilines is 1. The van der Waals surface area contributed by atoms with E-state index in [1.54, 1.807) is 53.4 Å². The van der Waals surface area contributed by atoms with Crippen molar-refractivity contribution in [2.45, 2.75) is 26.2 Å². The molecule has 2 aromatic carbocycles. The Balaban J connectivity index is 1.77. The summed E-state index contributed by atoms with van der Waals surface area (Å²) in [4.78, 5) is 37.5. The topological polar surface area (TPSA) is 112 Å². The van der Waals surface area contributed by atoms with E-state index >= 15 is 0 Å². The van der Waals surface area contributed by atoms with Crippen LogP contribution in [-0.2, 0) is 4.79 Å². The summed E-state index contributed by atoms with van der Waals surface area (Å²) in [5, 5.41) is 21.2. The third-order valence-corrected chi connectivity index (χ3v) is 6.07. The van der Waals surface area contributed by atoms with Crippen LogP contribution in [0.25, 0.3) is 10.6 Å². The van der Waals surface area contributed by atoms with Gasteiger partial charge in [0.25, 0.3) is 11.8 Å². The first kappa shape index (κ1) is 24.3. The Morgan fingerprint density at radius 3 is 2.48 bits per heavy atom. The number of carboxylic acids is 1.